The molecule has 0 aliphatic carbocycles. The van der Waals surface area contributed by atoms with Crippen LogP contribution in [0.15, 0.2) is 42.6 Å². The summed E-state index contributed by atoms with van der Waals surface area (Å²) < 4.78 is 7.43. The van der Waals surface area contributed by atoms with E-state index in [1.165, 1.54) is 0 Å². The van der Waals surface area contributed by atoms with Crippen LogP contribution in [-0.4, -0.2) is 27.5 Å². The van der Waals surface area contributed by atoms with Gasteiger partial charge >= 0.3 is 5.97 Å². The van der Waals surface area contributed by atoms with Crippen LogP contribution in [0.4, 0.5) is 0 Å². The second kappa shape index (κ2) is 5.46. The average Bonchev–Trinajstić information content (AvgIpc) is 3.07. The molecule has 5 nitrogen and oxygen atoms in total. The molecule has 20 heavy (non-hydrogen) atoms. The number of hydrogen-bond donors (Lipinski definition) is 1. The molecule has 1 aliphatic rings. The molecule has 1 N–H and O–H groups in total. The summed E-state index contributed by atoms with van der Waals surface area (Å²) in [5.41, 5.74) is 1.96. The molecule has 0 spiro atoms. The third-order valence-electron chi connectivity index (χ3n) is 3.62. The number of benzene rings is 1. The van der Waals surface area contributed by atoms with Crippen LogP contribution >= 0.6 is 0 Å². The minimum atomic E-state index is -0.806. The third-order valence-corrected chi connectivity index (χ3v) is 3.62. The summed E-state index contributed by atoms with van der Waals surface area (Å²) in [7, 11) is 0. The fourth-order valence-corrected chi connectivity index (χ4v) is 2.61. The first kappa shape index (κ1) is 12.9. The predicted octanol–water partition coefficient (Wildman–Crippen LogP) is 2.09. The SMILES string of the molecule is O=C(O)[C@H]1CCO[C@H]1c1ccnn1Cc1ccccc1. The number of aromatic nitrogens is 2. The topological polar surface area (TPSA) is 64.3 Å². The van der Waals surface area contributed by atoms with Crippen LogP contribution < -0.4 is 0 Å². The second-order valence-corrected chi connectivity index (χ2v) is 4.92. The molecule has 1 aromatic carbocycles. The second-order valence-electron chi connectivity index (χ2n) is 4.92. The Balaban J connectivity index is 1.85. The molecule has 2 aromatic rings. The van der Waals surface area contributed by atoms with Gasteiger partial charge in [0, 0.05) is 12.8 Å². The van der Waals surface area contributed by atoms with Gasteiger partial charge in [-0.25, -0.2) is 0 Å². The summed E-state index contributed by atoms with van der Waals surface area (Å²) in [6.07, 6.45) is 1.84. The Hall–Kier alpha value is -2.14. The fourth-order valence-electron chi connectivity index (χ4n) is 2.61. The van der Waals surface area contributed by atoms with Gasteiger partial charge in [0.05, 0.1) is 18.2 Å². The van der Waals surface area contributed by atoms with Gasteiger partial charge in [-0.2, -0.15) is 5.10 Å². The monoisotopic (exact) mass is 272 g/mol. The lowest BCUT2D eigenvalue weighted by Gasteiger charge is -2.17. The minimum Gasteiger partial charge on any atom is -0.481 e. The van der Waals surface area contributed by atoms with Crippen LogP contribution in [0.1, 0.15) is 23.8 Å². The summed E-state index contributed by atoms with van der Waals surface area (Å²) in [5.74, 6) is -1.29. The lowest BCUT2D eigenvalue weighted by Crippen LogP contribution is -2.20. The van der Waals surface area contributed by atoms with Gasteiger partial charge in [0.25, 0.3) is 0 Å². The van der Waals surface area contributed by atoms with E-state index in [2.05, 4.69) is 5.10 Å². The molecular weight excluding hydrogens is 256 g/mol. The van der Waals surface area contributed by atoms with E-state index in [0.29, 0.717) is 19.6 Å². The highest BCUT2D eigenvalue weighted by Gasteiger charge is 2.37. The molecule has 0 radical (unpaired) electrons. The van der Waals surface area contributed by atoms with Crippen molar-refractivity contribution in [2.24, 2.45) is 5.92 Å². The van der Waals surface area contributed by atoms with Crippen LogP contribution in [0.3, 0.4) is 0 Å². The molecule has 1 saturated heterocycles. The minimum absolute atomic E-state index is 0.404. The Morgan fingerprint density at radius 2 is 2.15 bits per heavy atom. The van der Waals surface area contributed by atoms with Crippen molar-refractivity contribution in [1.82, 2.24) is 9.78 Å². The normalized spacial score (nSPS) is 22.0. The first-order valence-electron chi connectivity index (χ1n) is 6.66. The largest absolute Gasteiger partial charge is 0.481 e. The quantitative estimate of drug-likeness (QED) is 0.925. The summed E-state index contributed by atoms with van der Waals surface area (Å²) in [5, 5.41) is 13.5. The molecule has 0 bridgehead atoms. The summed E-state index contributed by atoms with van der Waals surface area (Å²) >= 11 is 0. The average molecular weight is 272 g/mol. The molecule has 2 heterocycles. The Morgan fingerprint density at radius 1 is 1.35 bits per heavy atom. The molecular formula is C15H16N2O3. The Morgan fingerprint density at radius 3 is 2.90 bits per heavy atom. The lowest BCUT2D eigenvalue weighted by molar-refractivity contribution is -0.143. The highest BCUT2D eigenvalue weighted by Crippen LogP contribution is 2.34. The van der Waals surface area contributed by atoms with Crippen LogP contribution in [0.5, 0.6) is 0 Å². The third kappa shape index (κ3) is 2.44. The van der Waals surface area contributed by atoms with Crippen molar-refractivity contribution in [3.05, 3.63) is 53.9 Å². The van der Waals surface area contributed by atoms with Gasteiger partial charge in [0.15, 0.2) is 0 Å². The van der Waals surface area contributed by atoms with Crippen molar-refractivity contribution in [3.8, 4) is 0 Å². The zero-order chi connectivity index (χ0) is 13.9. The van der Waals surface area contributed by atoms with Crippen molar-refractivity contribution >= 4 is 5.97 Å². The number of nitrogens with zero attached hydrogens (tertiary/aromatic N) is 2. The number of carbonyl (C=O) groups is 1. The maximum atomic E-state index is 11.3. The highest BCUT2D eigenvalue weighted by atomic mass is 16.5. The zero-order valence-corrected chi connectivity index (χ0v) is 11.0. The molecule has 3 rings (SSSR count). The van der Waals surface area contributed by atoms with E-state index in [1.54, 1.807) is 6.20 Å². The first-order chi connectivity index (χ1) is 9.75. The molecule has 5 heteroatoms. The first-order valence-corrected chi connectivity index (χ1v) is 6.66. The van der Waals surface area contributed by atoms with Gasteiger partial charge in [0.2, 0.25) is 0 Å². The molecule has 0 unspecified atom stereocenters. The molecule has 2 atom stereocenters. The van der Waals surface area contributed by atoms with Crippen molar-refractivity contribution in [3.63, 3.8) is 0 Å². The van der Waals surface area contributed by atoms with Crippen molar-refractivity contribution in [1.29, 1.82) is 0 Å². The maximum Gasteiger partial charge on any atom is 0.309 e. The van der Waals surface area contributed by atoms with Gasteiger partial charge in [-0.1, -0.05) is 30.3 Å². The van der Waals surface area contributed by atoms with E-state index < -0.39 is 18.0 Å². The van der Waals surface area contributed by atoms with E-state index in [0.717, 1.165) is 11.3 Å². The van der Waals surface area contributed by atoms with E-state index in [9.17, 15) is 9.90 Å². The summed E-state index contributed by atoms with van der Waals surface area (Å²) in [6.45, 7) is 1.10. The van der Waals surface area contributed by atoms with Gasteiger partial charge in [0.1, 0.15) is 6.10 Å². The van der Waals surface area contributed by atoms with Crippen LogP contribution in [0.2, 0.25) is 0 Å². The van der Waals surface area contributed by atoms with Crippen LogP contribution in [0.25, 0.3) is 0 Å². The van der Waals surface area contributed by atoms with E-state index >= 15 is 0 Å². The fraction of sp³-hybridized carbons (Fsp3) is 0.333. The molecule has 1 fully saturated rings. The number of hydrogen-bond acceptors (Lipinski definition) is 3. The van der Waals surface area contributed by atoms with E-state index in [-0.39, 0.29) is 0 Å². The van der Waals surface area contributed by atoms with E-state index in [1.807, 2.05) is 41.1 Å². The predicted molar refractivity (Wildman–Crippen MR) is 72.2 cm³/mol. The van der Waals surface area contributed by atoms with E-state index in [4.69, 9.17) is 4.74 Å². The number of carboxylic acid groups (broad SMARTS) is 1. The van der Waals surface area contributed by atoms with Crippen LogP contribution in [0, 0.1) is 5.92 Å². The van der Waals surface area contributed by atoms with Gasteiger partial charge in [-0.15, -0.1) is 0 Å². The number of aliphatic carboxylic acids is 1. The van der Waals surface area contributed by atoms with Crippen molar-refractivity contribution in [2.75, 3.05) is 6.61 Å². The Bertz CT molecular complexity index is 594. The molecule has 0 saturated carbocycles. The lowest BCUT2D eigenvalue weighted by atomic mass is 9.99. The maximum absolute atomic E-state index is 11.3. The molecule has 1 aromatic heterocycles. The van der Waals surface area contributed by atoms with Gasteiger partial charge in [-0.05, 0) is 18.1 Å². The van der Waals surface area contributed by atoms with Crippen LogP contribution in [-0.2, 0) is 16.1 Å². The molecule has 0 amide bonds. The van der Waals surface area contributed by atoms with Crippen molar-refractivity contribution in [2.45, 2.75) is 19.1 Å². The zero-order valence-electron chi connectivity index (χ0n) is 11.0. The molecule has 1 aliphatic heterocycles. The summed E-state index contributed by atoms with van der Waals surface area (Å²) in [6, 6.07) is 11.8. The Kier molecular flexibility index (Phi) is 3.52. The highest BCUT2D eigenvalue weighted by molar-refractivity contribution is 5.71. The Labute approximate surface area is 116 Å². The van der Waals surface area contributed by atoms with Crippen molar-refractivity contribution < 1.29 is 14.6 Å². The van der Waals surface area contributed by atoms with Gasteiger partial charge in [-0.3, -0.25) is 9.48 Å². The number of ether oxygens (including phenoxy) is 1. The number of carboxylic acids is 1. The standard InChI is InChI=1S/C15H16N2O3/c18-15(19)12-7-9-20-14(12)13-6-8-16-17(13)10-11-4-2-1-3-5-11/h1-6,8,12,14H,7,9-10H2,(H,18,19)/t12-,14+/m0/s1. The summed E-state index contributed by atoms with van der Waals surface area (Å²) in [4.78, 5) is 11.3. The van der Waals surface area contributed by atoms with Gasteiger partial charge < -0.3 is 9.84 Å². The molecule has 104 valence electrons. The number of rotatable bonds is 4. The smallest absolute Gasteiger partial charge is 0.309 e.